The van der Waals surface area contributed by atoms with Crippen LogP contribution in [0.25, 0.3) is 0 Å². The van der Waals surface area contributed by atoms with E-state index >= 15 is 0 Å². The second-order valence-corrected chi connectivity index (χ2v) is 8.64. The van der Waals surface area contributed by atoms with Gasteiger partial charge in [-0.2, -0.15) is 8.42 Å². The molecule has 4 nitrogen and oxygen atoms in total. The maximum atomic E-state index is 11.2. The van der Waals surface area contributed by atoms with E-state index in [1.54, 1.807) is 19.2 Å². The zero-order valence-corrected chi connectivity index (χ0v) is 17.5. The molecule has 0 radical (unpaired) electrons. The molecule has 0 aliphatic rings. The van der Waals surface area contributed by atoms with Gasteiger partial charge in [0.2, 0.25) is 0 Å². The van der Waals surface area contributed by atoms with Crippen LogP contribution in [0, 0.1) is 6.92 Å². The van der Waals surface area contributed by atoms with Gasteiger partial charge in [-0.15, -0.1) is 0 Å². The Hall–Kier alpha value is -2.63. The molecule has 0 heterocycles. The van der Waals surface area contributed by atoms with E-state index in [0.717, 1.165) is 36.1 Å². The van der Waals surface area contributed by atoms with Crippen LogP contribution in [0.15, 0.2) is 77.7 Å². The fourth-order valence-corrected chi connectivity index (χ4v) is 4.11. The van der Waals surface area contributed by atoms with Gasteiger partial charge in [0, 0.05) is 11.5 Å². The van der Waals surface area contributed by atoms with Gasteiger partial charge in [0.25, 0.3) is 10.1 Å². The van der Waals surface area contributed by atoms with Gasteiger partial charge in [0.15, 0.2) is 0 Å². The van der Waals surface area contributed by atoms with E-state index in [0.29, 0.717) is 0 Å². The third-order valence-electron chi connectivity index (χ3n) is 5.15. The number of hydrogen-bond acceptors (Lipinski definition) is 3. The lowest BCUT2D eigenvalue weighted by atomic mass is 9.85. The Bertz CT molecular complexity index is 1040. The van der Waals surface area contributed by atoms with Gasteiger partial charge in [-0.25, -0.2) is 0 Å². The molecule has 0 bridgehead atoms. The lowest BCUT2D eigenvalue weighted by Gasteiger charge is -2.21. The minimum Gasteiger partial charge on any atom is -0.496 e. The maximum absolute atomic E-state index is 11.2. The molecule has 0 fully saturated rings. The Kier molecular flexibility index (Phi) is 6.72. The molecule has 3 aromatic rings. The van der Waals surface area contributed by atoms with Crippen molar-refractivity contribution in [3.63, 3.8) is 0 Å². The third kappa shape index (κ3) is 5.46. The maximum Gasteiger partial charge on any atom is 0.294 e. The standard InChI is InChI=1S/C24H26O4S/c1-18-11-16-23(24(17-18)28-2)22(20-8-4-3-5-9-20)10-6-7-19-12-14-21(15-13-19)29(25,26)27/h3-5,8-9,11-17,22H,6-7,10H2,1-2H3,(H,25,26,27). The Balaban J connectivity index is 1.78. The average molecular weight is 411 g/mol. The van der Waals surface area contributed by atoms with Crippen molar-refractivity contribution in [2.24, 2.45) is 0 Å². The first-order valence-electron chi connectivity index (χ1n) is 9.64. The molecule has 1 N–H and O–H groups in total. The summed E-state index contributed by atoms with van der Waals surface area (Å²) in [7, 11) is -2.45. The highest BCUT2D eigenvalue weighted by atomic mass is 32.2. The summed E-state index contributed by atoms with van der Waals surface area (Å²) in [6.07, 6.45) is 2.69. The van der Waals surface area contributed by atoms with Gasteiger partial charge in [-0.3, -0.25) is 4.55 Å². The van der Waals surface area contributed by atoms with Crippen LogP contribution in [0.3, 0.4) is 0 Å². The highest BCUT2D eigenvalue weighted by Crippen LogP contribution is 2.36. The summed E-state index contributed by atoms with van der Waals surface area (Å²) < 4.78 is 37.1. The van der Waals surface area contributed by atoms with Crippen molar-refractivity contribution in [3.8, 4) is 5.75 Å². The van der Waals surface area contributed by atoms with E-state index in [4.69, 9.17) is 9.29 Å². The molecular weight excluding hydrogens is 384 g/mol. The average Bonchev–Trinajstić information content (AvgIpc) is 2.72. The van der Waals surface area contributed by atoms with Crippen molar-refractivity contribution in [1.82, 2.24) is 0 Å². The molecular formula is C24H26O4S. The van der Waals surface area contributed by atoms with Crippen molar-refractivity contribution in [3.05, 3.63) is 95.1 Å². The number of ether oxygens (including phenoxy) is 1. The smallest absolute Gasteiger partial charge is 0.294 e. The minimum atomic E-state index is -4.15. The Morgan fingerprint density at radius 2 is 1.66 bits per heavy atom. The van der Waals surface area contributed by atoms with Gasteiger partial charge < -0.3 is 4.74 Å². The number of hydrogen-bond donors (Lipinski definition) is 1. The summed E-state index contributed by atoms with van der Waals surface area (Å²) in [5.74, 6) is 1.11. The van der Waals surface area contributed by atoms with Gasteiger partial charge >= 0.3 is 0 Å². The highest BCUT2D eigenvalue weighted by molar-refractivity contribution is 7.85. The van der Waals surface area contributed by atoms with Crippen LogP contribution in [0.2, 0.25) is 0 Å². The molecule has 3 aromatic carbocycles. The van der Waals surface area contributed by atoms with Crippen LogP contribution in [-0.2, 0) is 16.5 Å². The Labute approximate surface area is 172 Å². The lowest BCUT2D eigenvalue weighted by Crippen LogP contribution is -2.05. The second kappa shape index (κ2) is 9.25. The third-order valence-corrected chi connectivity index (χ3v) is 6.01. The first-order chi connectivity index (χ1) is 13.9. The normalized spacial score (nSPS) is 12.5. The van der Waals surface area contributed by atoms with Crippen molar-refractivity contribution in [2.45, 2.75) is 37.0 Å². The molecule has 5 heteroatoms. The van der Waals surface area contributed by atoms with Crippen LogP contribution in [-0.4, -0.2) is 20.1 Å². The van der Waals surface area contributed by atoms with Crippen LogP contribution in [0.1, 0.15) is 41.0 Å². The van der Waals surface area contributed by atoms with E-state index in [1.807, 2.05) is 6.07 Å². The van der Waals surface area contributed by atoms with E-state index in [2.05, 4.69) is 49.4 Å². The second-order valence-electron chi connectivity index (χ2n) is 7.22. The Morgan fingerprint density at radius 3 is 2.28 bits per heavy atom. The van der Waals surface area contributed by atoms with Gasteiger partial charge in [-0.1, -0.05) is 54.6 Å². The fourth-order valence-electron chi connectivity index (χ4n) is 3.63. The number of aryl methyl sites for hydroxylation is 2. The molecule has 1 unspecified atom stereocenters. The molecule has 0 aromatic heterocycles. The van der Waals surface area contributed by atoms with Gasteiger partial charge in [0.1, 0.15) is 5.75 Å². The van der Waals surface area contributed by atoms with Crippen LogP contribution >= 0.6 is 0 Å². The van der Waals surface area contributed by atoms with Crippen molar-refractivity contribution in [1.29, 1.82) is 0 Å². The summed E-state index contributed by atoms with van der Waals surface area (Å²) >= 11 is 0. The minimum absolute atomic E-state index is 0.0761. The monoisotopic (exact) mass is 410 g/mol. The zero-order chi connectivity index (χ0) is 20.9. The van der Waals surface area contributed by atoms with E-state index in [1.165, 1.54) is 23.3 Å². The fraction of sp³-hybridized carbons (Fsp3) is 0.250. The SMILES string of the molecule is COc1cc(C)ccc1C(CCCc1ccc(S(=O)(=O)O)cc1)c1ccccc1. The zero-order valence-electron chi connectivity index (χ0n) is 16.7. The van der Waals surface area contributed by atoms with Gasteiger partial charge in [0.05, 0.1) is 12.0 Å². The van der Waals surface area contributed by atoms with E-state index < -0.39 is 10.1 Å². The predicted octanol–water partition coefficient (Wildman–Crippen LogP) is 5.41. The van der Waals surface area contributed by atoms with Crippen LogP contribution < -0.4 is 4.74 Å². The molecule has 0 saturated heterocycles. The summed E-state index contributed by atoms with van der Waals surface area (Å²) in [5, 5.41) is 0. The summed E-state index contributed by atoms with van der Waals surface area (Å²) in [4.78, 5) is -0.0761. The predicted molar refractivity (Wildman–Crippen MR) is 115 cm³/mol. The van der Waals surface area contributed by atoms with Crippen molar-refractivity contribution >= 4 is 10.1 Å². The van der Waals surface area contributed by atoms with E-state index in [9.17, 15) is 8.42 Å². The van der Waals surface area contributed by atoms with Crippen LogP contribution in [0.4, 0.5) is 0 Å². The largest absolute Gasteiger partial charge is 0.496 e. The molecule has 3 rings (SSSR count). The first-order valence-corrected chi connectivity index (χ1v) is 11.1. The molecule has 0 aliphatic heterocycles. The lowest BCUT2D eigenvalue weighted by molar-refractivity contribution is 0.406. The molecule has 0 amide bonds. The summed E-state index contributed by atoms with van der Waals surface area (Å²) in [6, 6.07) is 23.1. The van der Waals surface area contributed by atoms with Crippen molar-refractivity contribution in [2.75, 3.05) is 7.11 Å². The molecule has 0 spiro atoms. The van der Waals surface area contributed by atoms with Crippen LogP contribution in [0.5, 0.6) is 5.75 Å². The topological polar surface area (TPSA) is 63.6 Å². The molecule has 0 saturated carbocycles. The van der Waals surface area contributed by atoms with Crippen molar-refractivity contribution < 1.29 is 17.7 Å². The molecule has 0 aliphatic carbocycles. The summed E-state index contributed by atoms with van der Waals surface area (Å²) in [6.45, 7) is 2.06. The van der Waals surface area contributed by atoms with Gasteiger partial charge in [-0.05, 0) is 61.1 Å². The number of benzene rings is 3. The molecule has 152 valence electrons. The number of methoxy groups -OCH3 is 1. The van der Waals surface area contributed by atoms with E-state index in [-0.39, 0.29) is 10.8 Å². The molecule has 29 heavy (non-hydrogen) atoms. The highest BCUT2D eigenvalue weighted by Gasteiger charge is 2.18. The quantitative estimate of drug-likeness (QED) is 0.505. The summed E-state index contributed by atoms with van der Waals surface area (Å²) in [5.41, 5.74) is 4.62. The molecule has 1 atom stereocenters. The first kappa shape index (κ1) is 21.1. The number of rotatable bonds is 8. The Morgan fingerprint density at radius 1 is 0.966 bits per heavy atom.